The fourth-order valence-electron chi connectivity index (χ4n) is 1.86. The third-order valence-electron chi connectivity index (χ3n) is 2.94. The van der Waals surface area contributed by atoms with Gasteiger partial charge in [0.1, 0.15) is 0 Å². The number of unbranched alkanes of at least 4 members (excludes halogenated alkanes) is 6. The largest absolute Gasteiger partial charge is 0.379 e. The van der Waals surface area contributed by atoms with Gasteiger partial charge < -0.3 is 9.47 Å². The van der Waals surface area contributed by atoms with E-state index in [2.05, 4.69) is 6.92 Å². The second kappa shape index (κ2) is 13.8. The summed E-state index contributed by atoms with van der Waals surface area (Å²) in [7, 11) is -3.27. The molecule has 0 heterocycles. The first-order chi connectivity index (χ1) is 9.56. The third-order valence-corrected chi connectivity index (χ3v) is 3.80. The molecule has 0 aromatic heterocycles. The molecule has 5 nitrogen and oxygen atoms in total. The molecule has 0 aromatic carbocycles. The van der Waals surface area contributed by atoms with Crippen LogP contribution < -0.4 is 5.14 Å². The summed E-state index contributed by atoms with van der Waals surface area (Å²) < 4.78 is 32.2. The van der Waals surface area contributed by atoms with Crippen LogP contribution in [0.1, 0.15) is 58.3 Å². The SMILES string of the molecule is CCCOCCOCCCCCCCCCS(N)(=O)=O. The molecular weight excluding hydrogens is 278 g/mol. The Bertz CT molecular complexity index is 294. The Kier molecular flexibility index (Phi) is 13.7. The number of sulfonamides is 1. The average Bonchev–Trinajstić information content (AvgIpc) is 2.38. The molecule has 0 fully saturated rings. The lowest BCUT2D eigenvalue weighted by Crippen LogP contribution is -2.16. The Balaban J connectivity index is 3.03. The molecule has 0 unspecified atom stereocenters. The lowest BCUT2D eigenvalue weighted by molar-refractivity contribution is 0.0465. The number of ether oxygens (including phenoxy) is 2. The van der Waals surface area contributed by atoms with Gasteiger partial charge in [-0.15, -0.1) is 0 Å². The average molecular weight is 309 g/mol. The van der Waals surface area contributed by atoms with Crippen LogP contribution in [0.4, 0.5) is 0 Å². The van der Waals surface area contributed by atoms with Crippen molar-refractivity contribution in [3.05, 3.63) is 0 Å². The quantitative estimate of drug-likeness (QED) is 0.471. The van der Waals surface area contributed by atoms with Gasteiger partial charge in [0.05, 0.1) is 19.0 Å². The Morgan fingerprint density at radius 1 is 0.750 bits per heavy atom. The highest BCUT2D eigenvalue weighted by Crippen LogP contribution is 2.07. The lowest BCUT2D eigenvalue weighted by Gasteiger charge is -2.05. The fourth-order valence-corrected chi connectivity index (χ4v) is 2.46. The molecule has 0 rings (SSSR count). The standard InChI is InChI=1S/C14H31NO4S/c1-2-10-18-12-13-19-11-8-6-4-3-5-7-9-14-20(15,16)17/h2-14H2,1H3,(H2,15,16,17). The maximum atomic E-state index is 10.7. The van der Waals surface area contributed by atoms with Gasteiger partial charge in [0, 0.05) is 13.2 Å². The van der Waals surface area contributed by atoms with Gasteiger partial charge in [-0.25, -0.2) is 13.6 Å². The first-order valence-corrected chi connectivity index (χ1v) is 9.43. The van der Waals surface area contributed by atoms with Crippen LogP contribution in [0.2, 0.25) is 0 Å². The minimum atomic E-state index is -3.27. The Morgan fingerprint density at radius 2 is 1.25 bits per heavy atom. The normalized spacial score (nSPS) is 11.9. The van der Waals surface area contributed by atoms with Crippen molar-refractivity contribution < 1.29 is 17.9 Å². The molecule has 0 bridgehead atoms. The van der Waals surface area contributed by atoms with Gasteiger partial charge in [0.25, 0.3) is 0 Å². The maximum Gasteiger partial charge on any atom is 0.209 e. The zero-order valence-corrected chi connectivity index (χ0v) is 13.6. The Hall–Kier alpha value is -0.170. The van der Waals surface area contributed by atoms with Gasteiger partial charge in [-0.05, 0) is 19.3 Å². The van der Waals surface area contributed by atoms with E-state index in [1.165, 1.54) is 12.8 Å². The van der Waals surface area contributed by atoms with Crippen LogP contribution in [0.5, 0.6) is 0 Å². The molecule has 0 aliphatic heterocycles. The van der Waals surface area contributed by atoms with Crippen LogP contribution in [-0.2, 0) is 19.5 Å². The summed E-state index contributed by atoms with van der Waals surface area (Å²) in [6.45, 7) is 5.09. The van der Waals surface area contributed by atoms with E-state index in [9.17, 15) is 8.42 Å². The monoisotopic (exact) mass is 309 g/mol. The molecule has 6 heteroatoms. The summed E-state index contributed by atoms with van der Waals surface area (Å²) in [4.78, 5) is 0. The molecule has 20 heavy (non-hydrogen) atoms. The molecule has 122 valence electrons. The second-order valence-electron chi connectivity index (χ2n) is 5.07. The molecule has 0 aliphatic carbocycles. The first kappa shape index (κ1) is 19.8. The summed E-state index contributed by atoms with van der Waals surface area (Å²) in [5.74, 6) is 0.112. The lowest BCUT2D eigenvalue weighted by atomic mass is 10.1. The van der Waals surface area contributed by atoms with Gasteiger partial charge in [-0.1, -0.05) is 39.0 Å². The molecule has 0 aliphatic rings. The topological polar surface area (TPSA) is 78.6 Å². The predicted molar refractivity (Wildman–Crippen MR) is 82.2 cm³/mol. The van der Waals surface area contributed by atoms with Crippen molar-refractivity contribution in [2.75, 3.05) is 32.2 Å². The van der Waals surface area contributed by atoms with Crippen molar-refractivity contribution in [2.24, 2.45) is 5.14 Å². The van der Waals surface area contributed by atoms with Crippen molar-refractivity contribution >= 4 is 10.0 Å². The molecule has 0 saturated carbocycles. The van der Waals surface area contributed by atoms with E-state index in [1.807, 2.05) is 0 Å². The third kappa shape index (κ3) is 17.8. The van der Waals surface area contributed by atoms with E-state index in [0.717, 1.165) is 45.3 Å². The second-order valence-corrected chi connectivity index (χ2v) is 6.80. The summed E-state index contributed by atoms with van der Waals surface area (Å²) in [6, 6.07) is 0. The molecule has 0 aromatic rings. The molecular formula is C14H31NO4S. The van der Waals surface area contributed by atoms with Crippen LogP contribution >= 0.6 is 0 Å². The van der Waals surface area contributed by atoms with Crippen LogP contribution in [0.3, 0.4) is 0 Å². The van der Waals surface area contributed by atoms with Crippen molar-refractivity contribution in [3.63, 3.8) is 0 Å². The molecule has 0 radical (unpaired) electrons. The van der Waals surface area contributed by atoms with Gasteiger partial charge in [0.2, 0.25) is 10.0 Å². The minimum absolute atomic E-state index is 0.112. The molecule has 0 saturated heterocycles. The number of hydrogen-bond acceptors (Lipinski definition) is 4. The van der Waals surface area contributed by atoms with Crippen molar-refractivity contribution in [1.29, 1.82) is 0 Å². The predicted octanol–water partition coefficient (Wildman–Crippen LogP) is 2.45. The highest BCUT2D eigenvalue weighted by atomic mass is 32.2. The van der Waals surface area contributed by atoms with Crippen LogP contribution in [0, 0.1) is 0 Å². The molecule has 2 N–H and O–H groups in total. The van der Waals surface area contributed by atoms with Crippen molar-refractivity contribution in [2.45, 2.75) is 58.3 Å². The molecule has 0 spiro atoms. The van der Waals surface area contributed by atoms with E-state index >= 15 is 0 Å². The van der Waals surface area contributed by atoms with Gasteiger partial charge in [0.15, 0.2) is 0 Å². The summed E-state index contributed by atoms with van der Waals surface area (Å²) in [5, 5.41) is 4.93. The zero-order valence-electron chi connectivity index (χ0n) is 12.8. The van der Waals surface area contributed by atoms with Crippen LogP contribution in [0.25, 0.3) is 0 Å². The summed E-state index contributed by atoms with van der Waals surface area (Å²) >= 11 is 0. The van der Waals surface area contributed by atoms with Gasteiger partial charge in [-0.2, -0.15) is 0 Å². The molecule has 0 atom stereocenters. The van der Waals surface area contributed by atoms with E-state index in [1.54, 1.807) is 0 Å². The van der Waals surface area contributed by atoms with E-state index in [0.29, 0.717) is 19.6 Å². The molecule has 0 amide bonds. The zero-order chi connectivity index (χ0) is 15.1. The van der Waals surface area contributed by atoms with Crippen molar-refractivity contribution in [1.82, 2.24) is 0 Å². The summed E-state index contributed by atoms with van der Waals surface area (Å²) in [6.07, 6.45) is 8.37. The van der Waals surface area contributed by atoms with Crippen LogP contribution in [0.15, 0.2) is 0 Å². The number of primary sulfonamides is 1. The highest BCUT2D eigenvalue weighted by Gasteiger charge is 2.01. The van der Waals surface area contributed by atoms with Gasteiger partial charge in [-0.3, -0.25) is 0 Å². The highest BCUT2D eigenvalue weighted by molar-refractivity contribution is 7.89. The van der Waals surface area contributed by atoms with E-state index in [-0.39, 0.29) is 5.75 Å². The minimum Gasteiger partial charge on any atom is -0.379 e. The van der Waals surface area contributed by atoms with Crippen molar-refractivity contribution in [3.8, 4) is 0 Å². The summed E-state index contributed by atoms with van der Waals surface area (Å²) in [5.41, 5.74) is 0. The number of nitrogens with two attached hydrogens (primary N) is 1. The fraction of sp³-hybridized carbons (Fsp3) is 1.00. The van der Waals surface area contributed by atoms with E-state index < -0.39 is 10.0 Å². The Labute approximate surface area is 124 Å². The first-order valence-electron chi connectivity index (χ1n) is 7.72. The van der Waals surface area contributed by atoms with Gasteiger partial charge >= 0.3 is 0 Å². The van der Waals surface area contributed by atoms with E-state index in [4.69, 9.17) is 14.6 Å². The number of rotatable bonds is 15. The number of hydrogen-bond donors (Lipinski definition) is 1. The smallest absolute Gasteiger partial charge is 0.209 e. The maximum absolute atomic E-state index is 10.7. The Morgan fingerprint density at radius 3 is 1.80 bits per heavy atom. The van der Waals surface area contributed by atoms with Crippen LogP contribution in [-0.4, -0.2) is 40.6 Å².